The van der Waals surface area contributed by atoms with Gasteiger partial charge >= 0.3 is 12.0 Å². The number of nitrogens with zero attached hydrogens (tertiary/aromatic N) is 2. The second-order valence-corrected chi connectivity index (χ2v) is 5.66. The summed E-state index contributed by atoms with van der Waals surface area (Å²) >= 11 is 0. The van der Waals surface area contributed by atoms with Crippen LogP contribution >= 0.6 is 0 Å². The van der Waals surface area contributed by atoms with Crippen LogP contribution in [0.15, 0.2) is 0 Å². The molecule has 2 aliphatic rings. The summed E-state index contributed by atoms with van der Waals surface area (Å²) in [5.41, 5.74) is 0. The number of amides is 2. The molecule has 0 aromatic heterocycles. The summed E-state index contributed by atoms with van der Waals surface area (Å²) in [5, 5.41) is 9.07. The lowest BCUT2D eigenvalue weighted by atomic mass is 10.2. The molecule has 2 saturated carbocycles. The summed E-state index contributed by atoms with van der Waals surface area (Å²) < 4.78 is 5.06. The molecule has 6 nitrogen and oxygen atoms in total. The Labute approximate surface area is 119 Å². The maximum Gasteiger partial charge on any atom is 0.323 e. The van der Waals surface area contributed by atoms with Crippen molar-refractivity contribution in [3.05, 3.63) is 0 Å². The number of aliphatic carboxylic acids is 1. The van der Waals surface area contributed by atoms with Gasteiger partial charge in [0.15, 0.2) is 0 Å². The predicted octanol–water partition coefficient (Wildman–Crippen LogP) is 1.55. The number of carbonyl (C=O) groups excluding carboxylic acids is 1. The van der Waals surface area contributed by atoms with Gasteiger partial charge in [-0.25, -0.2) is 4.79 Å². The van der Waals surface area contributed by atoms with Crippen LogP contribution in [0.2, 0.25) is 0 Å². The first-order valence-corrected chi connectivity index (χ1v) is 7.41. The van der Waals surface area contributed by atoms with Gasteiger partial charge in [-0.1, -0.05) is 12.8 Å². The molecular weight excluding hydrogens is 260 g/mol. The highest BCUT2D eigenvalue weighted by Crippen LogP contribution is 2.30. The van der Waals surface area contributed by atoms with E-state index in [0.717, 1.165) is 38.5 Å². The highest BCUT2D eigenvalue weighted by molar-refractivity contribution is 5.81. The number of hydrogen-bond donors (Lipinski definition) is 1. The smallest absolute Gasteiger partial charge is 0.323 e. The van der Waals surface area contributed by atoms with E-state index in [1.807, 2.05) is 0 Å². The molecule has 0 unspecified atom stereocenters. The van der Waals surface area contributed by atoms with E-state index in [4.69, 9.17) is 9.84 Å². The fraction of sp³-hybridized carbons (Fsp3) is 0.857. The Kier molecular flexibility index (Phi) is 5.23. The molecule has 2 rings (SSSR count). The zero-order valence-electron chi connectivity index (χ0n) is 12.1. The molecule has 2 aliphatic carbocycles. The lowest BCUT2D eigenvalue weighted by Crippen LogP contribution is -2.51. The summed E-state index contributed by atoms with van der Waals surface area (Å²) in [6.07, 6.45) is 6.02. The molecule has 0 atom stereocenters. The lowest BCUT2D eigenvalue weighted by Gasteiger charge is -2.33. The first-order valence-electron chi connectivity index (χ1n) is 7.41. The number of ether oxygens (including phenoxy) is 1. The van der Waals surface area contributed by atoms with Crippen LogP contribution in [-0.4, -0.2) is 65.8 Å². The predicted molar refractivity (Wildman–Crippen MR) is 73.6 cm³/mol. The van der Waals surface area contributed by atoms with E-state index in [1.54, 1.807) is 16.9 Å². The summed E-state index contributed by atoms with van der Waals surface area (Å²) in [4.78, 5) is 27.1. The Hall–Kier alpha value is -1.30. The lowest BCUT2D eigenvalue weighted by molar-refractivity contribution is -0.138. The summed E-state index contributed by atoms with van der Waals surface area (Å²) in [7, 11) is 1.61. The summed E-state index contributed by atoms with van der Waals surface area (Å²) in [6.45, 7) is 0.844. The standard InChI is InChI=1S/C14H24N2O4/c1-20-9-8-15(12-6-7-12)14(19)16(10-13(17)18)11-4-2-3-5-11/h11-12H,2-10H2,1H3,(H,17,18). The zero-order chi connectivity index (χ0) is 14.5. The summed E-state index contributed by atoms with van der Waals surface area (Å²) in [6, 6.07) is 0.233. The van der Waals surface area contributed by atoms with Crippen LogP contribution in [0.25, 0.3) is 0 Å². The topological polar surface area (TPSA) is 70.1 Å². The van der Waals surface area contributed by atoms with Crippen molar-refractivity contribution < 1.29 is 19.4 Å². The first kappa shape index (κ1) is 15.1. The van der Waals surface area contributed by atoms with E-state index < -0.39 is 5.97 Å². The quantitative estimate of drug-likeness (QED) is 0.770. The van der Waals surface area contributed by atoms with Crippen LogP contribution in [0.4, 0.5) is 4.79 Å². The molecule has 6 heteroatoms. The van der Waals surface area contributed by atoms with E-state index in [0.29, 0.717) is 13.2 Å². The average molecular weight is 284 g/mol. The molecule has 114 valence electrons. The van der Waals surface area contributed by atoms with Gasteiger partial charge in [0, 0.05) is 25.7 Å². The van der Waals surface area contributed by atoms with Crippen molar-refractivity contribution in [1.82, 2.24) is 9.80 Å². The van der Waals surface area contributed by atoms with Crippen LogP contribution in [0.5, 0.6) is 0 Å². The molecule has 0 aromatic carbocycles. The Bertz CT molecular complexity index is 351. The molecule has 0 saturated heterocycles. The Balaban J connectivity index is 2.04. The molecular formula is C14H24N2O4. The SMILES string of the molecule is COCCN(C(=O)N(CC(=O)O)C1CCCC1)C1CC1. The Morgan fingerprint density at radius 3 is 2.20 bits per heavy atom. The minimum atomic E-state index is -0.937. The number of methoxy groups -OCH3 is 1. The number of hydrogen-bond acceptors (Lipinski definition) is 3. The van der Waals surface area contributed by atoms with Gasteiger partial charge in [-0.2, -0.15) is 0 Å². The first-order chi connectivity index (χ1) is 9.63. The highest BCUT2D eigenvalue weighted by atomic mass is 16.5. The van der Waals surface area contributed by atoms with Gasteiger partial charge in [-0.05, 0) is 25.7 Å². The van der Waals surface area contributed by atoms with Crippen LogP contribution in [0.3, 0.4) is 0 Å². The van der Waals surface area contributed by atoms with Gasteiger partial charge in [-0.3, -0.25) is 4.79 Å². The third-order valence-electron chi connectivity index (χ3n) is 4.09. The second-order valence-electron chi connectivity index (χ2n) is 5.66. The van der Waals surface area contributed by atoms with Crippen molar-refractivity contribution in [2.75, 3.05) is 26.8 Å². The Morgan fingerprint density at radius 2 is 1.70 bits per heavy atom. The molecule has 0 aromatic rings. The number of carboxylic acid groups (broad SMARTS) is 1. The average Bonchev–Trinajstić information content (AvgIpc) is 3.10. The molecule has 0 aliphatic heterocycles. The van der Waals surface area contributed by atoms with Crippen LogP contribution in [0, 0.1) is 0 Å². The number of carboxylic acids is 1. The van der Waals surface area contributed by atoms with Crippen molar-refractivity contribution in [3.63, 3.8) is 0 Å². The van der Waals surface area contributed by atoms with E-state index in [1.165, 1.54) is 0 Å². The van der Waals surface area contributed by atoms with Gasteiger partial charge in [0.2, 0.25) is 0 Å². The Morgan fingerprint density at radius 1 is 1.10 bits per heavy atom. The number of rotatable bonds is 7. The van der Waals surface area contributed by atoms with E-state index in [2.05, 4.69) is 0 Å². The van der Waals surface area contributed by atoms with Gasteiger partial charge in [0.05, 0.1) is 6.61 Å². The number of urea groups is 1. The molecule has 0 spiro atoms. The maximum atomic E-state index is 12.7. The third kappa shape index (κ3) is 3.85. The highest BCUT2D eigenvalue weighted by Gasteiger charge is 2.37. The van der Waals surface area contributed by atoms with Gasteiger partial charge in [-0.15, -0.1) is 0 Å². The minimum absolute atomic E-state index is 0.0856. The van der Waals surface area contributed by atoms with Gasteiger partial charge in [0.25, 0.3) is 0 Å². The van der Waals surface area contributed by atoms with Crippen molar-refractivity contribution >= 4 is 12.0 Å². The van der Waals surface area contributed by atoms with Gasteiger partial charge < -0.3 is 19.6 Å². The third-order valence-corrected chi connectivity index (χ3v) is 4.09. The largest absolute Gasteiger partial charge is 0.480 e. The van der Waals surface area contributed by atoms with Crippen LogP contribution < -0.4 is 0 Å². The van der Waals surface area contributed by atoms with E-state index >= 15 is 0 Å². The van der Waals surface area contributed by atoms with Crippen LogP contribution in [-0.2, 0) is 9.53 Å². The normalized spacial score (nSPS) is 19.1. The molecule has 20 heavy (non-hydrogen) atoms. The molecule has 2 fully saturated rings. The zero-order valence-corrected chi connectivity index (χ0v) is 12.1. The van der Waals surface area contributed by atoms with E-state index in [-0.39, 0.29) is 24.7 Å². The molecule has 2 amide bonds. The fourth-order valence-electron chi connectivity index (χ4n) is 2.89. The van der Waals surface area contributed by atoms with Crippen molar-refractivity contribution in [1.29, 1.82) is 0 Å². The molecule has 0 radical (unpaired) electrons. The molecule has 1 N–H and O–H groups in total. The fourth-order valence-corrected chi connectivity index (χ4v) is 2.89. The molecule has 0 heterocycles. The van der Waals surface area contributed by atoms with Crippen LogP contribution in [0.1, 0.15) is 38.5 Å². The monoisotopic (exact) mass is 284 g/mol. The van der Waals surface area contributed by atoms with Crippen molar-refractivity contribution in [2.24, 2.45) is 0 Å². The van der Waals surface area contributed by atoms with E-state index in [9.17, 15) is 9.59 Å². The maximum absolute atomic E-state index is 12.7. The summed E-state index contributed by atoms with van der Waals surface area (Å²) in [5.74, 6) is -0.937. The van der Waals surface area contributed by atoms with Crippen molar-refractivity contribution in [2.45, 2.75) is 50.6 Å². The second kappa shape index (κ2) is 6.92. The van der Waals surface area contributed by atoms with Gasteiger partial charge in [0.1, 0.15) is 6.54 Å². The minimum Gasteiger partial charge on any atom is -0.480 e. The number of carbonyl (C=O) groups is 2. The van der Waals surface area contributed by atoms with Crippen molar-refractivity contribution in [3.8, 4) is 0 Å². The molecule has 0 bridgehead atoms.